The molecular formula is C18H21FN2O2. The van der Waals surface area contributed by atoms with Gasteiger partial charge in [-0.15, -0.1) is 0 Å². The summed E-state index contributed by atoms with van der Waals surface area (Å²) in [6.07, 6.45) is 0. The summed E-state index contributed by atoms with van der Waals surface area (Å²) in [5, 5.41) is 7.90. The predicted molar refractivity (Wildman–Crippen MR) is 89.7 cm³/mol. The third-order valence-corrected chi connectivity index (χ3v) is 3.41. The monoisotopic (exact) mass is 316 g/mol. The summed E-state index contributed by atoms with van der Waals surface area (Å²) in [7, 11) is 5.14. The fourth-order valence-corrected chi connectivity index (χ4v) is 2.13. The van der Waals surface area contributed by atoms with Crippen molar-refractivity contribution in [3.8, 4) is 16.9 Å². The second kappa shape index (κ2) is 7.74. The maximum absolute atomic E-state index is 14.3. The van der Waals surface area contributed by atoms with Crippen LogP contribution in [0.15, 0.2) is 42.5 Å². The lowest BCUT2D eigenvalue weighted by Crippen LogP contribution is -2.21. The molecule has 4 nitrogen and oxygen atoms in total. The Kier molecular flexibility index (Phi) is 5.71. The number of amidine groups is 1. The zero-order valence-electron chi connectivity index (χ0n) is 13.6. The summed E-state index contributed by atoms with van der Waals surface area (Å²) >= 11 is 0. The topological polar surface area (TPSA) is 45.6 Å². The highest BCUT2D eigenvalue weighted by Crippen LogP contribution is 2.26. The van der Waals surface area contributed by atoms with Crippen molar-refractivity contribution in [1.82, 2.24) is 4.90 Å². The first-order chi connectivity index (χ1) is 11.0. The number of nitrogens with zero attached hydrogens (tertiary/aromatic N) is 1. The van der Waals surface area contributed by atoms with Crippen molar-refractivity contribution >= 4 is 5.84 Å². The highest BCUT2D eigenvalue weighted by Gasteiger charge is 2.10. The summed E-state index contributed by atoms with van der Waals surface area (Å²) in [4.78, 5) is 1.64. The van der Waals surface area contributed by atoms with Crippen LogP contribution in [-0.2, 0) is 4.74 Å². The Labute approximate surface area is 136 Å². The molecule has 0 saturated heterocycles. The lowest BCUT2D eigenvalue weighted by Gasteiger charge is -2.14. The van der Waals surface area contributed by atoms with Gasteiger partial charge in [0, 0.05) is 32.3 Å². The molecule has 23 heavy (non-hydrogen) atoms. The molecule has 0 aliphatic heterocycles. The number of methoxy groups -OCH3 is 1. The van der Waals surface area contributed by atoms with E-state index in [0.29, 0.717) is 24.3 Å². The minimum absolute atomic E-state index is 0.275. The van der Waals surface area contributed by atoms with E-state index in [1.165, 1.54) is 6.07 Å². The summed E-state index contributed by atoms with van der Waals surface area (Å²) in [6, 6.07) is 12.1. The van der Waals surface area contributed by atoms with Gasteiger partial charge in [-0.2, -0.15) is 0 Å². The van der Waals surface area contributed by atoms with E-state index in [0.717, 1.165) is 11.3 Å². The molecule has 2 aromatic rings. The summed E-state index contributed by atoms with van der Waals surface area (Å²) in [5.74, 6) is 0.650. The van der Waals surface area contributed by atoms with Crippen LogP contribution in [0.5, 0.6) is 5.75 Å². The first-order valence-corrected chi connectivity index (χ1v) is 7.31. The van der Waals surface area contributed by atoms with Crippen LogP contribution in [-0.4, -0.2) is 45.2 Å². The van der Waals surface area contributed by atoms with E-state index in [1.807, 2.05) is 12.1 Å². The molecular weight excluding hydrogens is 295 g/mol. The van der Waals surface area contributed by atoms with Gasteiger partial charge in [-0.1, -0.05) is 24.3 Å². The van der Waals surface area contributed by atoms with Crippen LogP contribution in [0.4, 0.5) is 4.39 Å². The lowest BCUT2D eigenvalue weighted by molar-refractivity contribution is 0.146. The molecule has 0 aromatic heterocycles. The number of nitrogens with one attached hydrogen (secondary N) is 1. The van der Waals surface area contributed by atoms with Gasteiger partial charge in [-0.05, 0) is 23.8 Å². The van der Waals surface area contributed by atoms with Crippen LogP contribution < -0.4 is 4.74 Å². The maximum atomic E-state index is 14.3. The van der Waals surface area contributed by atoms with Gasteiger partial charge in [0.25, 0.3) is 0 Å². The molecule has 0 radical (unpaired) electrons. The smallest absolute Gasteiger partial charge is 0.131 e. The van der Waals surface area contributed by atoms with Gasteiger partial charge in [0.1, 0.15) is 24.0 Å². The van der Waals surface area contributed by atoms with E-state index < -0.39 is 0 Å². The molecule has 0 amide bonds. The number of halogens is 1. The molecule has 2 aromatic carbocycles. The van der Waals surface area contributed by atoms with E-state index in [9.17, 15) is 4.39 Å². The van der Waals surface area contributed by atoms with Crippen LogP contribution in [0.1, 0.15) is 5.56 Å². The fraction of sp³-hybridized carbons (Fsp3) is 0.278. The molecule has 5 heteroatoms. The molecule has 0 saturated carbocycles. The zero-order chi connectivity index (χ0) is 16.8. The third-order valence-electron chi connectivity index (χ3n) is 3.41. The Morgan fingerprint density at radius 3 is 2.35 bits per heavy atom. The second-order valence-electron chi connectivity index (χ2n) is 5.30. The van der Waals surface area contributed by atoms with Gasteiger partial charge in [0.15, 0.2) is 0 Å². The quantitative estimate of drug-likeness (QED) is 0.505. The number of rotatable bonds is 6. The molecule has 0 aliphatic carbocycles. The van der Waals surface area contributed by atoms with Crippen molar-refractivity contribution in [3.05, 3.63) is 53.8 Å². The summed E-state index contributed by atoms with van der Waals surface area (Å²) < 4.78 is 24.8. The highest BCUT2D eigenvalue weighted by atomic mass is 19.1. The van der Waals surface area contributed by atoms with E-state index in [4.69, 9.17) is 14.9 Å². The SMILES string of the molecule is COCCOc1ccc(-c2ccc(C(=N)N(C)C)cc2F)cc1. The Balaban J connectivity index is 2.17. The molecule has 0 unspecified atom stereocenters. The van der Waals surface area contributed by atoms with Crippen LogP contribution in [0, 0.1) is 11.2 Å². The molecule has 0 heterocycles. The van der Waals surface area contributed by atoms with Gasteiger partial charge >= 0.3 is 0 Å². The Hall–Kier alpha value is -2.40. The Morgan fingerprint density at radius 2 is 1.78 bits per heavy atom. The molecule has 0 fully saturated rings. The van der Waals surface area contributed by atoms with Crippen LogP contribution >= 0.6 is 0 Å². The number of hydrogen-bond donors (Lipinski definition) is 1. The average Bonchev–Trinajstić information content (AvgIpc) is 2.55. The highest BCUT2D eigenvalue weighted by molar-refractivity contribution is 5.96. The summed E-state index contributed by atoms with van der Waals surface area (Å²) in [6.45, 7) is 1.00. The van der Waals surface area contributed by atoms with Crippen molar-refractivity contribution in [2.45, 2.75) is 0 Å². The van der Waals surface area contributed by atoms with Gasteiger partial charge in [-0.25, -0.2) is 4.39 Å². The maximum Gasteiger partial charge on any atom is 0.131 e. The summed E-state index contributed by atoms with van der Waals surface area (Å²) in [5.41, 5.74) is 1.82. The number of hydrogen-bond acceptors (Lipinski definition) is 3. The minimum Gasteiger partial charge on any atom is -0.491 e. The number of benzene rings is 2. The molecule has 0 atom stereocenters. The van der Waals surface area contributed by atoms with Gasteiger partial charge in [0.2, 0.25) is 0 Å². The first kappa shape index (κ1) is 17.0. The van der Waals surface area contributed by atoms with E-state index in [2.05, 4.69) is 0 Å². The van der Waals surface area contributed by atoms with Crippen molar-refractivity contribution in [2.75, 3.05) is 34.4 Å². The lowest BCUT2D eigenvalue weighted by atomic mass is 10.0. The van der Waals surface area contributed by atoms with Crippen molar-refractivity contribution in [3.63, 3.8) is 0 Å². The van der Waals surface area contributed by atoms with Gasteiger partial charge in [0.05, 0.1) is 6.61 Å². The standard InChI is InChI=1S/C18H21FN2O2/c1-21(2)18(20)14-6-9-16(17(19)12-14)13-4-7-15(8-5-13)23-11-10-22-3/h4-9,12,20H,10-11H2,1-3H3. The van der Waals surface area contributed by atoms with Crippen molar-refractivity contribution in [2.24, 2.45) is 0 Å². The predicted octanol–water partition coefficient (Wildman–Crippen LogP) is 3.40. The molecule has 0 bridgehead atoms. The van der Waals surface area contributed by atoms with Crippen LogP contribution in [0.2, 0.25) is 0 Å². The average molecular weight is 316 g/mol. The molecule has 2 rings (SSSR count). The molecule has 122 valence electrons. The van der Waals surface area contributed by atoms with Crippen molar-refractivity contribution < 1.29 is 13.9 Å². The zero-order valence-corrected chi connectivity index (χ0v) is 13.6. The number of ether oxygens (including phenoxy) is 2. The minimum atomic E-state index is -0.345. The Morgan fingerprint density at radius 1 is 1.09 bits per heavy atom. The van der Waals surface area contributed by atoms with E-state index in [-0.39, 0.29) is 11.7 Å². The van der Waals surface area contributed by atoms with Gasteiger partial charge in [-0.3, -0.25) is 5.41 Å². The molecule has 1 N–H and O–H groups in total. The molecule has 0 spiro atoms. The first-order valence-electron chi connectivity index (χ1n) is 7.31. The fourth-order valence-electron chi connectivity index (χ4n) is 2.13. The Bertz CT molecular complexity index is 669. The largest absolute Gasteiger partial charge is 0.491 e. The van der Waals surface area contributed by atoms with E-state index in [1.54, 1.807) is 50.4 Å². The van der Waals surface area contributed by atoms with Gasteiger partial charge < -0.3 is 14.4 Å². The van der Waals surface area contributed by atoms with Crippen LogP contribution in [0.25, 0.3) is 11.1 Å². The second-order valence-corrected chi connectivity index (χ2v) is 5.30. The third kappa shape index (κ3) is 4.29. The normalized spacial score (nSPS) is 10.4. The van der Waals surface area contributed by atoms with Crippen molar-refractivity contribution in [1.29, 1.82) is 5.41 Å². The van der Waals surface area contributed by atoms with Crippen LogP contribution in [0.3, 0.4) is 0 Å². The molecule has 0 aliphatic rings. The van der Waals surface area contributed by atoms with E-state index >= 15 is 0 Å².